The zero-order valence-corrected chi connectivity index (χ0v) is 13.3. The average Bonchev–Trinajstić information content (AvgIpc) is 2.61. The second-order valence-electron chi connectivity index (χ2n) is 5.56. The smallest absolute Gasteiger partial charge is 0.479 e. The van der Waals surface area contributed by atoms with E-state index in [4.69, 9.17) is 9.47 Å². The van der Waals surface area contributed by atoms with Crippen molar-refractivity contribution in [1.82, 2.24) is 5.32 Å². The minimum Gasteiger partial charge on any atom is -0.479 e. The molecule has 0 amide bonds. The highest BCUT2D eigenvalue weighted by Gasteiger charge is 2.34. The van der Waals surface area contributed by atoms with E-state index in [1.807, 2.05) is 30.3 Å². The van der Waals surface area contributed by atoms with Crippen LogP contribution in [0.25, 0.3) is 0 Å². The lowest BCUT2D eigenvalue weighted by Crippen LogP contribution is -2.43. The third-order valence-electron chi connectivity index (χ3n) is 3.75. The molecule has 0 aromatic heterocycles. The monoisotopic (exact) mass is 353 g/mol. The highest BCUT2D eigenvalue weighted by Crippen LogP contribution is 2.36. The van der Waals surface area contributed by atoms with Crippen LogP contribution in [0.4, 0.5) is 13.2 Å². The van der Waals surface area contributed by atoms with E-state index in [-0.39, 0.29) is 17.6 Å². The molecular formula is C18H18F3NO3. The highest BCUT2D eigenvalue weighted by atomic mass is 19.4. The number of rotatable bonds is 5. The first-order valence-electron chi connectivity index (χ1n) is 7.91. The summed E-state index contributed by atoms with van der Waals surface area (Å²) in [4.78, 5) is 0. The summed E-state index contributed by atoms with van der Waals surface area (Å²) < 4.78 is 53.6. The molecule has 2 atom stereocenters. The predicted octanol–water partition coefficient (Wildman–Crippen LogP) is 3.69. The largest absolute Gasteiger partial charge is 0.573 e. The van der Waals surface area contributed by atoms with Gasteiger partial charge in [-0.2, -0.15) is 0 Å². The van der Waals surface area contributed by atoms with Crippen molar-refractivity contribution in [2.75, 3.05) is 19.7 Å². The Labute approximate surface area is 143 Å². The molecule has 2 aromatic carbocycles. The van der Waals surface area contributed by atoms with Crippen LogP contribution in [-0.2, 0) is 4.74 Å². The summed E-state index contributed by atoms with van der Waals surface area (Å²) in [6.07, 6.45) is -5.67. The van der Waals surface area contributed by atoms with Crippen LogP contribution in [0.2, 0.25) is 0 Å². The first kappa shape index (κ1) is 17.6. The Kier molecular flexibility index (Phi) is 5.45. The number of halogens is 3. The van der Waals surface area contributed by atoms with E-state index in [1.54, 1.807) is 6.07 Å². The molecule has 0 bridgehead atoms. The summed E-state index contributed by atoms with van der Waals surface area (Å²) in [5, 5.41) is 3.21. The van der Waals surface area contributed by atoms with Gasteiger partial charge in [-0.25, -0.2) is 0 Å². The summed E-state index contributed by atoms with van der Waals surface area (Å²) in [6.45, 7) is 1.78. The van der Waals surface area contributed by atoms with Crippen molar-refractivity contribution in [3.05, 3.63) is 60.2 Å². The quantitative estimate of drug-likeness (QED) is 0.890. The average molecular weight is 353 g/mol. The van der Waals surface area contributed by atoms with Crippen LogP contribution in [0.1, 0.15) is 11.7 Å². The predicted molar refractivity (Wildman–Crippen MR) is 85.5 cm³/mol. The molecule has 1 fully saturated rings. The van der Waals surface area contributed by atoms with E-state index < -0.39 is 12.5 Å². The third kappa shape index (κ3) is 4.87. The molecule has 7 heteroatoms. The Morgan fingerprint density at radius 2 is 1.68 bits per heavy atom. The van der Waals surface area contributed by atoms with E-state index in [2.05, 4.69) is 10.1 Å². The first-order chi connectivity index (χ1) is 12.0. The molecule has 134 valence electrons. The SMILES string of the molecule is FC(F)(F)Oc1ccccc1OC(c1ccccc1)[C@@H]1CNCCO1. The van der Waals surface area contributed by atoms with Crippen molar-refractivity contribution in [3.63, 3.8) is 0 Å². The van der Waals surface area contributed by atoms with Crippen LogP contribution >= 0.6 is 0 Å². The van der Waals surface area contributed by atoms with Gasteiger partial charge < -0.3 is 19.5 Å². The Morgan fingerprint density at radius 3 is 2.32 bits per heavy atom. The van der Waals surface area contributed by atoms with E-state index in [1.165, 1.54) is 18.2 Å². The Balaban J connectivity index is 1.88. The van der Waals surface area contributed by atoms with Gasteiger partial charge in [-0.3, -0.25) is 0 Å². The molecule has 0 aliphatic carbocycles. The summed E-state index contributed by atoms with van der Waals surface area (Å²) in [5.41, 5.74) is 0.818. The second kappa shape index (κ2) is 7.76. The van der Waals surface area contributed by atoms with Gasteiger partial charge in [-0.05, 0) is 17.7 Å². The second-order valence-corrected chi connectivity index (χ2v) is 5.56. The van der Waals surface area contributed by atoms with Gasteiger partial charge in [0.1, 0.15) is 6.10 Å². The van der Waals surface area contributed by atoms with Gasteiger partial charge in [0.2, 0.25) is 0 Å². The normalized spacial score (nSPS) is 19.2. The summed E-state index contributed by atoms with van der Waals surface area (Å²) in [7, 11) is 0. The fourth-order valence-electron chi connectivity index (χ4n) is 2.67. The maximum absolute atomic E-state index is 12.6. The minimum atomic E-state index is -4.79. The van der Waals surface area contributed by atoms with Crippen molar-refractivity contribution in [2.24, 2.45) is 0 Å². The van der Waals surface area contributed by atoms with Gasteiger partial charge in [0.15, 0.2) is 17.6 Å². The molecule has 1 saturated heterocycles. The number of ether oxygens (including phenoxy) is 3. The molecular weight excluding hydrogens is 335 g/mol. The van der Waals surface area contributed by atoms with Gasteiger partial charge in [0.25, 0.3) is 0 Å². The molecule has 2 aromatic rings. The number of hydrogen-bond donors (Lipinski definition) is 1. The maximum atomic E-state index is 12.6. The lowest BCUT2D eigenvalue weighted by atomic mass is 10.0. The third-order valence-corrected chi connectivity index (χ3v) is 3.75. The lowest BCUT2D eigenvalue weighted by Gasteiger charge is -2.32. The Morgan fingerprint density at radius 1 is 1.00 bits per heavy atom. The van der Waals surface area contributed by atoms with Crippen LogP contribution in [0, 0.1) is 0 Å². The number of morpholine rings is 1. The number of benzene rings is 2. The fourth-order valence-corrected chi connectivity index (χ4v) is 2.67. The van der Waals surface area contributed by atoms with Crippen LogP contribution in [-0.4, -0.2) is 32.2 Å². The molecule has 25 heavy (non-hydrogen) atoms. The molecule has 0 saturated carbocycles. The van der Waals surface area contributed by atoms with E-state index >= 15 is 0 Å². The zero-order chi connectivity index (χ0) is 17.7. The summed E-state index contributed by atoms with van der Waals surface area (Å²) >= 11 is 0. The summed E-state index contributed by atoms with van der Waals surface area (Å²) in [6, 6.07) is 15.0. The first-order valence-corrected chi connectivity index (χ1v) is 7.91. The van der Waals surface area contributed by atoms with Crippen molar-refractivity contribution in [2.45, 2.75) is 18.6 Å². The van der Waals surface area contributed by atoms with E-state index in [0.717, 1.165) is 12.1 Å². The lowest BCUT2D eigenvalue weighted by molar-refractivity contribution is -0.275. The molecule has 1 unspecified atom stereocenters. The van der Waals surface area contributed by atoms with Crippen LogP contribution in [0.5, 0.6) is 11.5 Å². The molecule has 0 radical (unpaired) electrons. The van der Waals surface area contributed by atoms with Crippen molar-refractivity contribution >= 4 is 0 Å². The molecule has 1 heterocycles. The van der Waals surface area contributed by atoms with Crippen LogP contribution in [0.3, 0.4) is 0 Å². The van der Waals surface area contributed by atoms with Gasteiger partial charge in [-0.15, -0.1) is 13.2 Å². The maximum Gasteiger partial charge on any atom is 0.573 e. The van der Waals surface area contributed by atoms with Crippen LogP contribution < -0.4 is 14.8 Å². The summed E-state index contributed by atoms with van der Waals surface area (Å²) in [5.74, 6) is -0.359. The van der Waals surface area contributed by atoms with Gasteiger partial charge in [0, 0.05) is 13.1 Å². The Bertz CT molecular complexity index is 673. The minimum absolute atomic E-state index is 0.0165. The molecule has 4 nitrogen and oxygen atoms in total. The van der Waals surface area contributed by atoms with Gasteiger partial charge in [-0.1, -0.05) is 42.5 Å². The van der Waals surface area contributed by atoms with Crippen molar-refractivity contribution in [1.29, 1.82) is 0 Å². The molecule has 3 rings (SSSR count). The highest BCUT2D eigenvalue weighted by molar-refractivity contribution is 5.40. The zero-order valence-electron chi connectivity index (χ0n) is 13.3. The number of hydrogen-bond acceptors (Lipinski definition) is 4. The number of alkyl halides is 3. The molecule has 0 spiro atoms. The van der Waals surface area contributed by atoms with E-state index in [0.29, 0.717) is 13.2 Å². The molecule has 1 aliphatic rings. The van der Waals surface area contributed by atoms with Crippen molar-refractivity contribution in [3.8, 4) is 11.5 Å². The number of para-hydroxylation sites is 2. The van der Waals surface area contributed by atoms with Crippen LogP contribution in [0.15, 0.2) is 54.6 Å². The van der Waals surface area contributed by atoms with Gasteiger partial charge >= 0.3 is 6.36 Å². The molecule has 1 N–H and O–H groups in total. The fraction of sp³-hybridized carbons (Fsp3) is 0.333. The molecule has 1 aliphatic heterocycles. The van der Waals surface area contributed by atoms with E-state index in [9.17, 15) is 13.2 Å². The number of nitrogens with one attached hydrogen (secondary N) is 1. The standard InChI is InChI=1S/C18H18F3NO3/c19-18(20,21)25-15-9-5-4-8-14(15)24-17(13-6-2-1-3-7-13)16-12-22-10-11-23-16/h1-9,16-17,22H,10-12H2/t16-,17?/m0/s1. The van der Waals surface area contributed by atoms with Crippen molar-refractivity contribution < 1.29 is 27.4 Å². The van der Waals surface area contributed by atoms with Gasteiger partial charge in [0.05, 0.1) is 6.61 Å². The topological polar surface area (TPSA) is 39.7 Å². The Hall–Kier alpha value is -2.25.